The van der Waals surface area contributed by atoms with Gasteiger partial charge in [0.05, 0.1) is 12.2 Å². The number of aromatic nitrogens is 2. The van der Waals surface area contributed by atoms with E-state index >= 15 is 0 Å². The van der Waals surface area contributed by atoms with Gasteiger partial charge in [-0.2, -0.15) is 10.2 Å². The summed E-state index contributed by atoms with van der Waals surface area (Å²) >= 11 is 0. The maximum Gasteiger partial charge on any atom is 0.195 e. The zero-order valence-corrected chi connectivity index (χ0v) is 14.8. The lowest BCUT2D eigenvalue weighted by atomic mass is 9.81. The Labute approximate surface area is 139 Å². The minimum absolute atomic E-state index is 0.0851. The Morgan fingerprint density at radius 1 is 0.957 bits per heavy atom. The second-order valence-electron chi connectivity index (χ2n) is 6.44. The molecule has 4 heteroatoms. The van der Waals surface area contributed by atoms with Gasteiger partial charge in [0.2, 0.25) is 0 Å². The van der Waals surface area contributed by atoms with Gasteiger partial charge in [0.15, 0.2) is 5.82 Å². The Balaban J connectivity index is 2.06. The van der Waals surface area contributed by atoms with Gasteiger partial charge in [-0.15, -0.1) is 10.2 Å². The number of azo groups is 1. The number of hydrogen-bond donors (Lipinski definition) is 0. The van der Waals surface area contributed by atoms with Gasteiger partial charge in [-0.25, -0.2) is 0 Å². The third-order valence-corrected chi connectivity index (χ3v) is 4.54. The van der Waals surface area contributed by atoms with Crippen molar-refractivity contribution in [3.8, 4) is 0 Å². The first kappa shape index (κ1) is 17.3. The maximum absolute atomic E-state index is 4.34. The molecule has 0 aliphatic rings. The van der Waals surface area contributed by atoms with Gasteiger partial charge in [0.25, 0.3) is 0 Å². The molecule has 0 saturated heterocycles. The highest BCUT2D eigenvalue weighted by atomic mass is 15.2. The van der Waals surface area contributed by atoms with Crippen molar-refractivity contribution in [3.05, 3.63) is 52.7 Å². The fraction of sp³-hybridized carbons (Fsp3) is 0.474. The molecule has 0 unspecified atom stereocenters. The molecule has 2 rings (SSSR count). The molecule has 0 amide bonds. The van der Waals surface area contributed by atoms with Crippen LogP contribution >= 0.6 is 0 Å². The summed E-state index contributed by atoms with van der Waals surface area (Å²) in [7, 11) is 0. The summed E-state index contributed by atoms with van der Waals surface area (Å²) in [6, 6.07) is 10.3. The lowest BCUT2D eigenvalue weighted by Crippen LogP contribution is -2.21. The topological polar surface area (TPSA) is 50.5 Å². The predicted molar refractivity (Wildman–Crippen MR) is 94.1 cm³/mol. The van der Waals surface area contributed by atoms with Crippen LogP contribution in [0.25, 0.3) is 0 Å². The molecule has 0 bridgehead atoms. The first-order valence-electron chi connectivity index (χ1n) is 8.25. The maximum atomic E-state index is 4.34. The van der Waals surface area contributed by atoms with E-state index in [1.54, 1.807) is 0 Å². The van der Waals surface area contributed by atoms with Gasteiger partial charge in [-0.3, -0.25) is 0 Å². The Morgan fingerprint density at radius 2 is 1.61 bits per heavy atom. The fourth-order valence-electron chi connectivity index (χ4n) is 2.66. The summed E-state index contributed by atoms with van der Waals surface area (Å²) in [5.74, 6) is 0.563. The molecule has 0 aliphatic heterocycles. The average molecular weight is 310 g/mol. The minimum Gasteiger partial charge on any atom is -0.182 e. The third kappa shape index (κ3) is 4.44. The summed E-state index contributed by atoms with van der Waals surface area (Å²) in [4.78, 5) is 0. The summed E-state index contributed by atoms with van der Waals surface area (Å²) in [6.45, 7) is 11.3. The van der Waals surface area contributed by atoms with E-state index in [1.165, 1.54) is 16.7 Å². The molecule has 4 nitrogen and oxygen atoms in total. The van der Waals surface area contributed by atoms with Crippen LogP contribution in [-0.2, 0) is 12.0 Å². The molecule has 0 saturated carbocycles. The van der Waals surface area contributed by atoms with Crippen molar-refractivity contribution in [1.29, 1.82) is 0 Å². The van der Waals surface area contributed by atoms with Crippen molar-refractivity contribution in [2.45, 2.75) is 59.4 Å². The zero-order chi connectivity index (χ0) is 16.9. The summed E-state index contributed by atoms with van der Waals surface area (Å²) in [5, 5.41) is 17.0. The number of nitrogens with zero attached hydrogens (tertiary/aromatic N) is 4. The van der Waals surface area contributed by atoms with Crippen molar-refractivity contribution in [3.63, 3.8) is 0 Å². The molecule has 0 spiro atoms. The number of rotatable bonds is 6. The van der Waals surface area contributed by atoms with Gasteiger partial charge in [0.1, 0.15) is 0 Å². The molecule has 23 heavy (non-hydrogen) atoms. The van der Waals surface area contributed by atoms with Crippen molar-refractivity contribution >= 4 is 5.82 Å². The molecule has 0 fully saturated rings. The normalized spacial score (nSPS) is 12.0. The van der Waals surface area contributed by atoms with Crippen molar-refractivity contribution in [1.82, 2.24) is 10.2 Å². The van der Waals surface area contributed by atoms with E-state index in [0.29, 0.717) is 12.4 Å². The van der Waals surface area contributed by atoms with Crippen LogP contribution in [0.3, 0.4) is 0 Å². The van der Waals surface area contributed by atoms with Gasteiger partial charge in [-0.05, 0) is 44.4 Å². The second kappa shape index (κ2) is 7.44. The highest BCUT2D eigenvalue weighted by Crippen LogP contribution is 2.29. The van der Waals surface area contributed by atoms with E-state index in [1.807, 2.05) is 12.1 Å². The van der Waals surface area contributed by atoms with Crippen LogP contribution in [0.15, 0.2) is 40.6 Å². The van der Waals surface area contributed by atoms with Crippen LogP contribution in [-0.4, -0.2) is 10.2 Å². The third-order valence-electron chi connectivity index (χ3n) is 4.54. The summed E-state index contributed by atoms with van der Waals surface area (Å²) < 4.78 is 0. The predicted octanol–water partition coefficient (Wildman–Crippen LogP) is 5.46. The van der Waals surface area contributed by atoms with Crippen molar-refractivity contribution < 1.29 is 0 Å². The molecule has 2 aromatic rings. The first-order chi connectivity index (χ1) is 11.0. The Morgan fingerprint density at radius 3 is 2.13 bits per heavy atom. The summed E-state index contributed by atoms with van der Waals surface area (Å²) in [5.41, 5.74) is 4.77. The number of benzene rings is 1. The molecule has 0 aliphatic carbocycles. The summed E-state index contributed by atoms with van der Waals surface area (Å²) in [6.07, 6.45) is 2.09. The Hall–Kier alpha value is -2.10. The van der Waals surface area contributed by atoms with Crippen molar-refractivity contribution in [2.75, 3.05) is 0 Å². The molecular formula is C19H26N4. The van der Waals surface area contributed by atoms with E-state index in [0.717, 1.165) is 18.5 Å². The Bertz CT molecular complexity index is 650. The van der Waals surface area contributed by atoms with E-state index in [9.17, 15) is 0 Å². The molecule has 1 heterocycles. The number of hydrogen-bond acceptors (Lipinski definition) is 4. The molecule has 0 N–H and O–H groups in total. The highest BCUT2D eigenvalue weighted by molar-refractivity contribution is 5.29. The standard InChI is InChI=1S/C19H26N4/c1-6-19(5,7-2)17-8-9-18(23-21-17)22-20-13-16-11-14(3)10-15(4)12-16/h8-12H,6-7,13H2,1-5H3. The molecule has 0 radical (unpaired) electrons. The monoisotopic (exact) mass is 310 g/mol. The van der Waals surface area contributed by atoms with Crippen LogP contribution in [0.5, 0.6) is 0 Å². The second-order valence-corrected chi connectivity index (χ2v) is 6.44. The van der Waals surface area contributed by atoms with Gasteiger partial charge < -0.3 is 0 Å². The molecule has 1 aromatic carbocycles. The van der Waals surface area contributed by atoms with E-state index in [4.69, 9.17) is 0 Å². The van der Waals surface area contributed by atoms with E-state index in [-0.39, 0.29) is 5.41 Å². The Kier molecular flexibility index (Phi) is 5.59. The van der Waals surface area contributed by atoms with Crippen LogP contribution in [0, 0.1) is 13.8 Å². The minimum atomic E-state index is 0.0851. The largest absolute Gasteiger partial charge is 0.195 e. The average Bonchev–Trinajstić information content (AvgIpc) is 2.54. The van der Waals surface area contributed by atoms with E-state index < -0.39 is 0 Å². The van der Waals surface area contributed by atoms with Crippen molar-refractivity contribution in [2.24, 2.45) is 10.2 Å². The quantitative estimate of drug-likeness (QED) is 0.666. The molecule has 0 atom stereocenters. The van der Waals surface area contributed by atoms with Gasteiger partial charge >= 0.3 is 0 Å². The fourth-order valence-corrected chi connectivity index (χ4v) is 2.66. The number of aryl methyl sites for hydroxylation is 2. The molecule has 122 valence electrons. The van der Waals surface area contributed by atoms with Gasteiger partial charge in [0, 0.05) is 5.41 Å². The van der Waals surface area contributed by atoms with E-state index in [2.05, 4.69) is 73.2 Å². The van der Waals surface area contributed by atoms with Crippen LogP contribution < -0.4 is 0 Å². The zero-order valence-electron chi connectivity index (χ0n) is 14.8. The highest BCUT2D eigenvalue weighted by Gasteiger charge is 2.24. The molecule has 1 aromatic heterocycles. The van der Waals surface area contributed by atoms with Crippen LogP contribution in [0.1, 0.15) is 56.0 Å². The molecular weight excluding hydrogens is 284 g/mol. The SMILES string of the molecule is CCC(C)(CC)c1ccc(N=NCc2cc(C)cc(C)c2)nn1. The smallest absolute Gasteiger partial charge is 0.182 e. The van der Waals surface area contributed by atoms with Crippen LogP contribution in [0.2, 0.25) is 0 Å². The first-order valence-corrected chi connectivity index (χ1v) is 8.25. The lowest BCUT2D eigenvalue weighted by Gasteiger charge is -2.25. The lowest BCUT2D eigenvalue weighted by molar-refractivity contribution is 0.421. The van der Waals surface area contributed by atoms with Crippen LogP contribution in [0.4, 0.5) is 5.82 Å². The van der Waals surface area contributed by atoms with Gasteiger partial charge in [-0.1, -0.05) is 50.1 Å².